The van der Waals surface area contributed by atoms with Gasteiger partial charge in [0.05, 0.1) is 0 Å². The van der Waals surface area contributed by atoms with Crippen molar-refractivity contribution < 1.29 is 22.4 Å². The molecule has 0 spiro atoms. The summed E-state index contributed by atoms with van der Waals surface area (Å²) >= 11 is 0. The molecular weight excluding hydrogens is 324 g/mol. The highest BCUT2D eigenvalue weighted by Crippen LogP contribution is 2.27. The monoisotopic (exact) mass is 338 g/mol. The molecule has 0 aromatic heterocycles. The third-order valence-corrected chi connectivity index (χ3v) is 4.15. The van der Waals surface area contributed by atoms with Gasteiger partial charge in [0.2, 0.25) is 0 Å². The van der Waals surface area contributed by atoms with E-state index in [1.807, 2.05) is 0 Å². The highest BCUT2D eigenvalue weighted by atomic mass is 35.5. The Kier molecular flexibility index (Phi) is 4.97. The van der Waals surface area contributed by atoms with Gasteiger partial charge in [0.25, 0.3) is 5.91 Å². The van der Waals surface area contributed by atoms with E-state index in [9.17, 15) is 22.4 Å². The molecule has 2 aliphatic heterocycles. The molecule has 2 aliphatic rings. The van der Waals surface area contributed by atoms with Gasteiger partial charge in [0.1, 0.15) is 5.56 Å². The zero-order valence-electron chi connectivity index (χ0n) is 11.5. The van der Waals surface area contributed by atoms with E-state index in [1.165, 1.54) is 0 Å². The highest BCUT2D eigenvalue weighted by molar-refractivity contribution is 5.95. The third kappa shape index (κ3) is 3.05. The summed E-state index contributed by atoms with van der Waals surface area (Å²) < 4.78 is 53.4. The van der Waals surface area contributed by atoms with Gasteiger partial charge in [-0.05, 0) is 25.7 Å². The highest BCUT2D eigenvalue weighted by Gasteiger charge is 2.35. The van der Waals surface area contributed by atoms with Crippen LogP contribution in [0.15, 0.2) is 6.07 Å². The molecule has 8 heteroatoms. The summed E-state index contributed by atoms with van der Waals surface area (Å²) in [5.41, 5.74) is -1.20. The van der Waals surface area contributed by atoms with Crippen LogP contribution in [-0.4, -0.2) is 24.0 Å². The molecule has 0 radical (unpaired) electrons. The van der Waals surface area contributed by atoms with Crippen molar-refractivity contribution in [1.82, 2.24) is 10.6 Å². The van der Waals surface area contributed by atoms with Gasteiger partial charge in [-0.3, -0.25) is 4.79 Å². The van der Waals surface area contributed by atoms with E-state index in [1.54, 1.807) is 0 Å². The normalized spacial score (nSPS) is 26.5. The number of hydrogen-bond donors (Lipinski definition) is 2. The smallest absolute Gasteiger partial charge is 0.257 e. The Morgan fingerprint density at radius 2 is 1.55 bits per heavy atom. The number of amides is 1. The molecule has 2 atom stereocenters. The fourth-order valence-corrected chi connectivity index (χ4v) is 3.21. The molecule has 2 bridgehead atoms. The number of fused-ring (bicyclic) bond motifs is 2. The molecular formula is C14H15ClF4N2O. The maximum Gasteiger partial charge on any atom is 0.257 e. The van der Waals surface area contributed by atoms with Crippen LogP contribution in [0.2, 0.25) is 0 Å². The Labute approximate surface area is 130 Å². The molecule has 2 fully saturated rings. The molecule has 122 valence electrons. The van der Waals surface area contributed by atoms with Gasteiger partial charge in [-0.2, -0.15) is 0 Å². The molecule has 2 saturated heterocycles. The predicted octanol–water partition coefficient (Wildman–Crippen LogP) is 2.68. The summed E-state index contributed by atoms with van der Waals surface area (Å²) in [5.74, 6) is -7.60. The van der Waals surface area contributed by atoms with Gasteiger partial charge in [0.15, 0.2) is 23.3 Å². The van der Waals surface area contributed by atoms with Crippen LogP contribution in [0, 0.1) is 23.3 Å². The van der Waals surface area contributed by atoms with Gasteiger partial charge in [-0.15, -0.1) is 12.4 Å². The molecule has 2 heterocycles. The fraction of sp³-hybridized carbons (Fsp3) is 0.500. The van der Waals surface area contributed by atoms with Crippen molar-refractivity contribution in [2.75, 3.05) is 0 Å². The molecule has 1 amide bonds. The minimum absolute atomic E-state index is 0. The van der Waals surface area contributed by atoms with E-state index in [4.69, 9.17) is 0 Å². The summed E-state index contributed by atoms with van der Waals surface area (Å²) in [6.07, 6.45) is 3.27. The van der Waals surface area contributed by atoms with E-state index in [0.29, 0.717) is 12.8 Å². The van der Waals surface area contributed by atoms with Crippen molar-refractivity contribution >= 4 is 18.3 Å². The Morgan fingerprint density at radius 1 is 1.05 bits per heavy atom. The van der Waals surface area contributed by atoms with Crippen LogP contribution in [0.1, 0.15) is 36.0 Å². The molecule has 22 heavy (non-hydrogen) atoms. The lowest BCUT2D eigenvalue weighted by Gasteiger charge is -2.29. The zero-order chi connectivity index (χ0) is 15.1. The second-order valence-electron chi connectivity index (χ2n) is 5.62. The summed E-state index contributed by atoms with van der Waals surface area (Å²) in [6, 6.07) is 0.383. The largest absolute Gasteiger partial charge is 0.349 e. The van der Waals surface area contributed by atoms with E-state index in [-0.39, 0.29) is 36.6 Å². The Hall–Kier alpha value is -1.34. The second-order valence-corrected chi connectivity index (χ2v) is 5.62. The molecule has 2 N–H and O–H groups in total. The van der Waals surface area contributed by atoms with Crippen molar-refractivity contribution in [3.63, 3.8) is 0 Å². The van der Waals surface area contributed by atoms with E-state index < -0.39 is 34.7 Å². The van der Waals surface area contributed by atoms with Crippen molar-refractivity contribution in [3.05, 3.63) is 34.9 Å². The SMILES string of the molecule is Cl.O=C(NC1CC2CCC(C1)N2)c1c(F)c(F)cc(F)c1F. The topological polar surface area (TPSA) is 41.1 Å². The summed E-state index contributed by atoms with van der Waals surface area (Å²) in [6.45, 7) is 0. The lowest BCUT2D eigenvalue weighted by atomic mass is 9.99. The van der Waals surface area contributed by atoms with E-state index in [0.717, 1.165) is 12.8 Å². The minimum atomic E-state index is -1.66. The lowest BCUT2D eigenvalue weighted by molar-refractivity contribution is 0.0913. The predicted molar refractivity (Wildman–Crippen MR) is 74.0 cm³/mol. The van der Waals surface area contributed by atoms with Crippen LogP contribution in [0.25, 0.3) is 0 Å². The number of rotatable bonds is 2. The summed E-state index contributed by atoms with van der Waals surface area (Å²) in [4.78, 5) is 11.9. The van der Waals surface area contributed by atoms with Gasteiger partial charge in [0, 0.05) is 24.2 Å². The second kappa shape index (κ2) is 6.42. The number of carbonyl (C=O) groups is 1. The number of halogens is 5. The fourth-order valence-electron chi connectivity index (χ4n) is 3.21. The molecule has 2 unspecified atom stereocenters. The van der Waals surface area contributed by atoms with Crippen molar-refractivity contribution in [1.29, 1.82) is 0 Å². The van der Waals surface area contributed by atoms with Crippen LogP contribution >= 0.6 is 12.4 Å². The number of hydrogen-bond acceptors (Lipinski definition) is 2. The Bertz CT molecular complexity index is 560. The van der Waals surface area contributed by atoms with Gasteiger partial charge in [-0.1, -0.05) is 0 Å². The lowest BCUT2D eigenvalue weighted by Crippen LogP contribution is -2.48. The van der Waals surface area contributed by atoms with Crippen molar-refractivity contribution in [2.24, 2.45) is 0 Å². The molecule has 0 saturated carbocycles. The number of carbonyl (C=O) groups excluding carboxylic acids is 1. The van der Waals surface area contributed by atoms with Gasteiger partial charge >= 0.3 is 0 Å². The average molecular weight is 339 g/mol. The van der Waals surface area contributed by atoms with Crippen LogP contribution in [0.4, 0.5) is 17.6 Å². The first-order valence-corrected chi connectivity index (χ1v) is 6.85. The van der Waals surface area contributed by atoms with Crippen molar-refractivity contribution in [3.8, 4) is 0 Å². The number of benzene rings is 1. The number of nitrogens with one attached hydrogen (secondary N) is 2. The first kappa shape index (κ1) is 17.0. The molecule has 3 rings (SSSR count). The van der Waals surface area contributed by atoms with E-state index >= 15 is 0 Å². The van der Waals surface area contributed by atoms with Gasteiger partial charge < -0.3 is 10.6 Å². The molecule has 0 aliphatic carbocycles. The summed E-state index contributed by atoms with van der Waals surface area (Å²) in [5, 5.41) is 5.83. The Morgan fingerprint density at radius 3 is 2.05 bits per heavy atom. The zero-order valence-corrected chi connectivity index (χ0v) is 12.3. The first-order valence-electron chi connectivity index (χ1n) is 6.85. The van der Waals surface area contributed by atoms with Crippen LogP contribution < -0.4 is 10.6 Å². The maximum atomic E-state index is 13.6. The molecule has 3 nitrogen and oxygen atoms in total. The van der Waals surface area contributed by atoms with Crippen LogP contribution in [0.3, 0.4) is 0 Å². The minimum Gasteiger partial charge on any atom is -0.349 e. The Balaban J connectivity index is 0.00000176. The van der Waals surface area contributed by atoms with Crippen molar-refractivity contribution in [2.45, 2.75) is 43.8 Å². The molecule has 1 aromatic carbocycles. The van der Waals surface area contributed by atoms with Crippen LogP contribution in [0.5, 0.6) is 0 Å². The number of piperidine rings is 1. The average Bonchev–Trinajstić information content (AvgIpc) is 2.76. The molecule has 1 aromatic rings. The quantitative estimate of drug-likeness (QED) is 0.643. The summed E-state index contributed by atoms with van der Waals surface area (Å²) in [7, 11) is 0. The van der Waals surface area contributed by atoms with E-state index in [2.05, 4.69) is 10.6 Å². The maximum absolute atomic E-state index is 13.6. The van der Waals surface area contributed by atoms with Gasteiger partial charge in [-0.25, -0.2) is 17.6 Å². The third-order valence-electron chi connectivity index (χ3n) is 4.15. The van der Waals surface area contributed by atoms with Crippen LogP contribution in [-0.2, 0) is 0 Å². The standard InChI is InChI=1S/C14H14F4N2O.ClH/c15-9-5-10(16)13(18)11(12(9)17)14(21)20-8-3-6-1-2-7(4-8)19-6;/h5-8,19H,1-4H2,(H,20,21);1H. The first-order chi connectivity index (χ1) is 9.95.